The largest absolute Gasteiger partial charge is 0.478 e. The maximum absolute atomic E-state index is 10.2. The van der Waals surface area contributed by atoms with E-state index in [0.29, 0.717) is 5.76 Å². The van der Waals surface area contributed by atoms with E-state index in [1.54, 1.807) is 30.4 Å². The Kier molecular flexibility index (Phi) is 15.8. The fraction of sp³-hybridized carbons (Fsp3) is 0.450. The first kappa shape index (κ1) is 21.9. The highest BCUT2D eigenvalue weighted by atomic mass is 17.1. The van der Waals surface area contributed by atoms with Gasteiger partial charge in [-0.1, -0.05) is 81.9 Å². The van der Waals surface area contributed by atoms with Crippen molar-refractivity contribution in [1.29, 1.82) is 0 Å². The Morgan fingerprint density at radius 3 is 2.12 bits per heavy atom. The molecule has 4 nitrogen and oxygen atoms in total. The molecule has 0 atom stereocenters. The molecule has 134 valence electrons. The lowest BCUT2D eigenvalue weighted by Gasteiger charge is -1.98. The molecule has 0 aliphatic carbocycles. The first-order chi connectivity index (χ1) is 11.7. The van der Waals surface area contributed by atoms with Crippen LogP contribution in [0.5, 0.6) is 0 Å². The molecular formula is C20H30O4. The number of carbonyl (C=O) groups is 1. The van der Waals surface area contributed by atoms with Crippen molar-refractivity contribution in [3.8, 4) is 0 Å². The Bertz CT molecular complexity index is 456. The Hall–Kier alpha value is -2.07. The fourth-order valence-corrected chi connectivity index (χ4v) is 2.01. The summed E-state index contributed by atoms with van der Waals surface area (Å²) in [7, 11) is 0. The molecule has 0 aliphatic heterocycles. The topological polar surface area (TPSA) is 66.8 Å². The predicted molar refractivity (Wildman–Crippen MR) is 98.6 cm³/mol. The van der Waals surface area contributed by atoms with Gasteiger partial charge in [-0.3, -0.25) is 0 Å². The van der Waals surface area contributed by atoms with Gasteiger partial charge in [0.2, 0.25) is 0 Å². The second-order valence-electron chi connectivity index (χ2n) is 5.44. The van der Waals surface area contributed by atoms with E-state index in [9.17, 15) is 4.79 Å². The average Bonchev–Trinajstić information content (AvgIpc) is 2.57. The van der Waals surface area contributed by atoms with Crippen LogP contribution in [0.2, 0.25) is 0 Å². The van der Waals surface area contributed by atoms with Gasteiger partial charge in [0, 0.05) is 6.08 Å². The summed E-state index contributed by atoms with van der Waals surface area (Å²) < 4.78 is 0. The summed E-state index contributed by atoms with van der Waals surface area (Å²) in [6.45, 7) is 2.23. The SMILES string of the molecule is CCCCCCCCCC=CC=C(C=CC=CC=CC(=O)O)OO. The monoisotopic (exact) mass is 334 g/mol. The Morgan fingerprint density at radius 1 is 0.875 bits per heavy atom. The van der Waals surface area contributed by atoms with Crippen molar-refractivity contribution in [3.05, 3.63) is 60.4 Å². The third-order valence-corrected chi connectivity index (χ3v) is 3.31. The van der Waals surface area contributed by atoms with Gasteiger partial charge in [0.25, 0.3) is 0 Å². The number of hydrogen-bond donors (Lipinski definition) is 2. The molecule has 0 aromatic heterocycles. The molecule has 0 spiro atoms. The number of rotatable bonds is 14. The van der Waals surface area contributed by atoms with Gasteiger partial charge in [-0.2, -0.15) is 0 Å². The number of carboxylic acid groups (broad SMARTS) is 1. The fourth-order valence-electron chi connectivity index (χ4n) is 2.01. The summed E-state index contributed by atoms with van der Waals surface area (Å²) in [6, 6.07) is 0. The highest BCUT2D eigenvalue weighted by molar-refractivity contribution is 5.80. The first-order valence-electron chi connectivity index (χ1n) is 8.63. The molecule has 0 aliphatic rings. The zero-order valence-electron chi connectivity index (χ0n) is 14.6. The molecule has 0 unspecified atom stereocenters. The van der Waals surface area contributed by atoms with Gasteiger partial charge in [-0.15, -0.1) is 0 Å². The molecule has 0 fully saturated rings. The van der Waals surface area contributed by atoms with E-state index in [2.05, 4.69) is 17.9 Å². The van der Waals surface area contributed by atoms with Crippen molar-refractivity contribution in [2.24, 2.45) is 0 Å². The summed E-state index contributed by atoms with van der Waals surface area (Å²) in [5.74, 6) is -0.674. The Labute approximate surface area is 145 Å². The molecule has 24 heavy (non-hydrogen) atoms. The minimum Gasteiger partial charge on any atom is -0.478 e. The minimum absolute atomic E-state index is 0.317. The van der Waals surface area contributed by atoms with Crippen LogP contribution in [0.4, 0.5) is 0 Å². The molecule has 4 heteroatoms. The molecule has 0 amide bonds. The van der Waals surface area contributed by atoms with Crippen LogP contribution in [-0.4, -0.2) is 16.3 Å². The molecule has 2 N–H and O–H groups in total. The average molecular weight is 334 g/mol. The molecular weight excluding hydrogens is 304 g/mol. The number of aliphatic carboxylic acids is 1. The lowest BCUT2D eigenvalue weighted by Crippen LogP contribution is -1.84. The van der Waals surface area contributed by atoms with Gasteiger partial charge in [0.1, 0.15) is 0 Å². The smallest absolute Gasteiger partial charge is 0.328 e. The van der Waals surface area contributed by atoms with Crippen LogP contribution in [0.3, 0.4) is 0 Å². The van der Waals surface area contributed by atoms with Crippen LogP contribution in [0.1, 0.15) is 58.3 Å². The number of allylic oxidation sites excluding steroid dienone is 8. The van der Waals surface area contributed by atoms with Crippen LogP contribution in [-0.2, 0) is 9.68 Å². The minimum atomic E-state index is -0.992. The standard InChI is InChI=1S/C20H30O4/c1-2-3-4-5-6-7-8-9-10-13-16-19(24-23)17-14-11-12-15-18-20(21)22/h10-18,23H,2-9H2,1H3,(H,21,22). The first-order valence-corrected chi connectivity index (χ1v) is 8.63. The van der Waals surface area contributed by atoms with E-state index in [1.807, 2.05) is 6.08 Å². The van der Waals surface area contributed by atoms with E-state index in [1.165, 1.54) is 51.0 Å². The maximum Gasteiger partial charge on any atom is 0.328 e. The molecule has 0 rings (SSSR count). The second kappa shape index (κ2) is 17.3. The van der Waals surface area contributed by atoms with E-state index in [0.717, 1.165) is 12.5 Å². The Morgan fingerprint density at radius 2 is 1.50 bits per heavy atom. The van der Waals surface area contributed by atoms with Crippen molar-refractivity contribution in [1.82, 2.24) is 0 Å². The van der Waals surface area contributed by atoms with Gasteiger partial charge in [-0.05, 0) is 25.0 Å². The molecule has 0 heterocycles. The van der Waals surface area contributed by atoms with Crippen LogP contribution in [0, 0.1) is 0 Å². The van der Waals surface area contributed by atoms with Gasteiger partial charge >= 0.3 is 5.97 Å². The lowest BCUT2D eigenvalue weighted by molar-refractivity contribution is -0.198. The van der Waals surface area contributed by atoms with Gasteiger partial charge < -0.3 is 9.99 Å². The van der Waals surface area contributed by atoms with E-state index in [-0.39, 0.29) is 0 Å². The van der Waals surface area contributed by atoms with Crippen molar-refractivity contribution in [2.75, 3.05) is 0 Å². The summed E-state index contributed by atoms with van der Waals surface area (Å²) in [5.41, 5.74) is 0. The third kappa shape index (κ3) is 16.3. The quantitative estimate of drug-likeness (QED) is 0.105. The molecule has 0 aromatic rings. The zero-order chi connectivity index (χ0) is 17.9. The van der Waals surface area contributed by atoms with Crippen LogP contribution >= 0.6 is 0 Å². The summed E-state index contributed by atoms with van der Waals surface area (Å²) in [5, 5.41) is 17.2. The van der Waals surface area contributed by atoms with Crippen LogP contribution in [0.25, 0.3) is 0 Å². The van der Waals surface area contributed by atoms with Crippen LogP contribution < -0.4 is 0 Å². The normalized spacial score (nSPS) is 13.0. The van der Waals surface area contributed by atoms with Gasteiger partial charge in [-0.25, -0.2) is 10.1 Å². The van der Waals surface area contributed by atoms with E-state index in [4.69, 9.17) is 10.4 Å². The van der Waals surface area contributed by atoms with Crippen molar-refractivity contribution >= 4 is 5.97 Å². The molecule has 0 radical (unpaired) electrons. The van der Waals surface area contributed by atoms with Crippen molar-refractivity contribution in [3.63, 3.8) is 0 Å². The second-order valence-corrected chi connectivity index (χ2v) is 5.44. The summed E-state index contributed by atoms with van der Waals surface area (Å²) >= 11 is 0. The van der Waals surface area contributed by atoms with E-state index < -0.39 is 5.97 Å². The van der Waals surface area contributed by atoms with Crippen LogP contribution in [0.15, 0.2) is 60.4 Å². The predicted octanol–water partition coefficient (Wildman–Crippen LogP) is 5.81. The summed E-state index contributed by atoms with van der Waals surface area (Å²) in [4.78, 5) is 14.5. The van der Waals surface area contributed by atoms with Crippen molar-refractivity contribution < 1.29 is 20.0 Å². The molecule has 0 bridgehead atoms. The van der Waals surface area contributed by atoms with Crippen molar-refractivity contribution in [2.45, 2.75) is 58.3 Å². The summed E-state index contributed by atoms with van der Waals surface area (Å²) in [6.07, 6.45) is 24.6. The highest BCUT2D eigenvalue weighted by Gasteiger charge is 1.90. The molecule has 0 saturated carbocycles. The van der Waals surface area contributed by atoms with E-state index >= 15 is 0 Å². The Balaban J connectivity index is 3.92. The van der Waals surface area contributed by atoms with Gasteiger partial charge in [0.15, 0.2) is 5.76 Å². The number of carboxylic acids is 1. The lowest BCUT2D eigenvalue weighted by atomic mass is 10.1. The maximum atomic E-state index is 10.2. The number of unbranched alkanes of at least 4 members (excludes halogenated alkanes) is 7. The highest BCUT2D eigenvalue weighted by Crippen LogP contribution is 2.08. The molecule has 0 aromatic carbocycles. The molecule has 0 saturated heterocycles. The third-order valence-electron chi connectivity index (χ3n) is 3.31. The zero-order valence-corrected chi connectivity index (χ0v) is 14.6. The van der Waals surface area contributed by atoms with Gasteiger partial charge in [0.05, 0.1) is 0 Å². The number of hydrogen-bond acceptors (Lipinski definition) is 3.